The highest BCUT2D eigenvalue weighted by atomic mass is 31.2. The van der Waals surface area contributed by atoms with Gasteiger partial charge in [0, 0.05) is 29.0 Å². The molecular weight excluding hydrogens is 538 g/mol. The number of anilines is 1. The lowest BCUT2D eigenvalue weighted by Crippen LogP contribution is -2.57. The average molecular weight is 577 g/mol. The number of likely N-dealkylation sites (tertiary alicyclic amines) is 1. The number of benzene rings is 1. The smallest absolute Gasteiger partial charge is 0.256 e. The number of nitrogens with zero attached hydrogens (tertiary/aromatic N) is 2. The predicted molar refractivity (Wildman–Crippen MR) is 152 cm³/mol. The highest BCUT2D eigenvalue weighted by molar-refractivity contribution is 7.79. The number of aryl methyl sites for hydroxylation is 1. The van der Waals surface area contributed by atoms with Gasteiger partial charge in [0.15, 0.2) is 0 Å². The molecule has 11 heteroatoms. The first-order chi connectivity index (χ1) is 18.1. The Morgan fingerprint density at radius 2 is 1.49 bits per heavy atom. The van der Waals surface area contributed by atoms with E-state index in [1.165, 1.54) is 4.90 Å². The molecule has 1 aromatic rings. The van der Waals surface area contributed by atoms with Gasteiger partial charge in [-0.15, -0.1) is 0 Å². The number of imide groups is 1. The summed E-state index contributed by atoms with van der Waals surface area (Å²) >= 11 is 0. The lowest BCUT2D eigenvalue weighted by molar-refractivity contribution is -0.142. The molecular formula is C28H38N2O7P2. The molecule has 3 atom stereocenters. The zero-order valence-corrected chi connectivity index (χ0v) is 25.5. The van der Waals surface area contributed by atoms with Gasteiger partial charge in [0.2, 0.25) is 17.7 Å². The molecule has 0 saturated carbocycles. The Bertz CT molecular complexity index is 1460. The molecule has 3 aliphatic rings. The van der Waals surface area contributed by atoms with E-state index >= 15 is 0 Å². The number of carbonyl (C=O) groups is 3. The van der Waals surface area contributed by atoms with Gasteiger partial charge in [-0.3, -0.25) is 33.3 Å². The van der Waals surface area contributed by atoms with Gasteiger partial charge in [0.25, 0.3) is 14.7 Å². The third-order valence-electron chi connectivity index (χ3n) is 8.73. The number of carbonyl (C=O) groups excluding carboxylic acids is 3. The van der Waals surface area contributed by atoms with Gasteiger partial charge in [-0.1, -0.05) is 27.7 Å². The molecule has 3 amide bonds. The van der Waals surface area contributed by atoms with Crippen LogP contribution in [0.1, 0.15) is 89.0 Å². The third kappa shape index (κ3) is 4.08. The molecule has 0 spiro atoms. The molecule has 39 heavy (non-hydrogen) atoms. The van der Waals surface area contributed by atoms with Crippen molar-refractivity contribution in [2.24, 2.45) is 0 Å². The summed E-state index contributed by atoms with van der Waals surface area (Å²) in [5.74, 6) is -1.45. The number of rotatable bonds is 6. The van der Waals surface area contributed by atoms with Crippen LogP contribution in [0.15, 0.2) is 22.0 Å². The van der Waals surface area contributed by atoms with Crippen LogP contribution in [0.5, 0.6) is 0 Å². The van der Waals surface area contributed by atoms with Crippen LogP contribution >= 0.6 is 14.7 Å². The van der Waals surface area contributed by atoms with Gasteiger partial charge in [0.05, 0.1) is 21.9 Å². The maximum atomic E-state index is 14.5. The van der Waals surface area contributed by atoms with E-state index in [1.807, 2.05) is 20.8 Å². The number of hydrogen-bond acceptors (Lipinski definition) is 5. The van der Waals surface area contributed by atoms with Crippen molar-refractivity contribution in [3.8, 4) is 0 Å². The van der Waals surface area contributed by atoms with E-state index in [9.17, 15) is 33.3 Å². The Morgan fingerprint density at radius 3 is 1.97 bits per heavy atom. The SMILES string of the molecule is CCC1=C(CC)P(=O)(O)C2=C(c3cc(C)c(C)c(CC)c3N(C(=O)CN3C(=O)CCC3=O)C2(C)CC)P1(=O)O. The Morgan fingerprint density at radius 1 is 0.949 bits per heavy atom. The van der Waals surface area contributed by atoms with Crippen LogP contribution in [-0.2, 0) is 29.9 Å². The Labute approximate surface area is 229 Å². The van der Waals surface area contributed by atoms with Crippen LogP contribution in [0.3, 0.4) is 0 Å². The van der Waals surface area contributed by atoms with E-state index in [4.69, 9.17) is 0 Å². The summed E-state index contributed by atoms with van der Waals surface area (Å²) in [5.41, 5.74) is 1.76. The minimum atomic E-state index is -4.38. The van der Waals surface area contributed by atoms with E-state index in [0.717, 1.165) is 21.6 Å². The second kappa shape index (κ2) is 9.95. The molecule has 0 aliphatic carbocycles. The number of fused-ring (bicyclic) bond motifs is 2. The van der Waals surface area contributed by atoms with Gasteiger partial charge in [0.1, 0.15) is 6.54 Å². The zero-order chi connectivity index (χ0) is 29.2. The molecule has 1 fully saturated rings. The standard InChI is InChI=1S/C28H38N2O7P2/c1-8-18-17(6)16(5)14-19-25(18)30(24(33)15-29-22(31)12-13-23(29)32)28(7,11-4)27-26(19)38(34,35)20(9-2)21(10-3)39(27,36)37/h14H,8-13,15H2,1-7H3,(H,34,35)(H,36,37). The maximum absolute atomic E-state index is 14.5. The largest absolute Gasteiger partial charge is 0.338 e. The van der Waals surface area contributed by atoms with Gasteiger partial charge in [-0.2, -0.15) is 0 Å². The highest BCUT2D eigenvalue weighted by Gasteiger charge is 2.59. The fourth-order valence-corrected chi connectivity index (χ4v) is 12.9. The first-order valence-corrected chi connectivity index (χ1v) is 16.9. The summed E-state index contributed by atoms with van der Waals surface area (Å²) in [6.07, 6.45) is 0.981. The summed E-state index contributed by atoms with van der Waals surface area (Å²) < 4.78 is 28.9. The van der Waals surface area contributed by atoms with Gasteiger partial charge in [-0.25, -0.2) is 0 Å². The van der Waals surface area contributed by atoms with Crippen molar-refractivity contribution in [1.29, 1.82) is 0 Å². The minimum absolute atomic E-state index is 0.0333. The van der Waals surface area contributed by atoms with Crippen molar-refractivity contribution in [3.63, 3.8) is 0 Å². The van der Waals surface area contributed by atoms with Crippen LogP contribution < -0.4 is 4.90 Å². The Balaban J connectivity index is 2.15. The normalized spacial score (nSPS) is 28.8. The van der Waals surface area contributed by atoms with Crippen molar-refractivity contribution in [3.05, 3.63) is 44.3 Å². The molecule has 3 aliphatic heterocycles. The fourth-order valence-electron chi connectivity index (χ4n) is 6.54. The van der Waals surface area contributed by atoms with Crippen LogP contribution in [0.2, 0.25) is 0 Å². The number of allylic oxidation sites excluding steroid dienone is 2. The summed E-state index contributed by atoms with van der Waals surface area (Å²) in [6.45, 7) is 12.0. The second-order valence-electron chi connectivity index (χ2n) is 10.7. The third-order valence-corrected chi connectivity index (χ3v) is 14.1. The average Bonchev–Trinajstić information content (AvgIpc) is 3.18. The van der Waals surface area contributed by atoms with Gasteiger partial charge >= 0.3 is 0 Å². The molecule has 212 valence electrons. The summed E-state index contributed by atoms with van der Waals surface area (Å²) in [7, 11) is -8.68. The molecule has 1 saturated heterocycles. The fraction of sp³-hybridized carbons (Fsp3) is 0.536. The number of hydrogen-bond donors (Lipinski definition) is 2. The number of amides is 3. The molecule has 4 rings (SSSR count). The Hall–Kier alpha value is -2.31. The van der Waals surface area contributed by atoms with Crippen molar-refractivity contribution < 1.29 is 33.3 Å². The van der Waals surface area contributed by atoms with Gasteiger partial charge < -0.3 is 9.79 Å². The monoisotopic (exact) mass is 576 g/mol. The zero-order valence-electron chi connectivity index (χ0n) is 23.8. The van der Waals surface area contributed by atoms with Crippen molar-refractivity contribution >= 4 is 43.5 Å². The summed E-state index contributed by atoms with van der Waals surface area (Å²) in [6, 6.07) is 1.73. The van der Waals surface area contributed by atoms with E-state index in [0.29, 0.717) is 17.7 Å². The topological polar surface area (TPSA) is 132 Å². The molecule has 9 nitrogen and oxygen atoms in total. The molecule has 1 aromatic carbocycles. The molecule has 3 unspecified atom stereocenters. The maximum Gasteiger partial charge on any atom is 0.256 e. The summed E-state index contributed by atoms with van der Waals surface area (Å²) in [4.78, 5) is 65.1. The predicted octanol–water partition coefficient (Wildman–Crippen LogP) is 5.78. The lowest BCUT2D eigenvalue weighted by atomic mass is 9.84. The first kappa shape index (κ1) is 29.7. The van der Waals surface area contributed by atoms with E-state index < -0.39 is 44.5 Å². The van der Waals surface area contributed by atoms with E-state index in [2.05, 4.69) is 0 Å². The van der Waals surface area contributed by atoms with Crippen LogP contribution in [-0.4, -0.2) is 44.5 Å². The van der Waals surface area contributed by atoms with Crippen molar-refractivity contribution in [1.82, 2.24) is 4.90 Å². The second-order valence-corrected chi connectivity index (χ2v) is 15.0. The summed E-state index contributed by atoms with van der Waals surface area (Å²) in [5, 5.41) is 0.0253. The highest BCUT2D eigenvalue weighted by Crippen LogP contribution is 2.81. The van der Waals surface area contributed by atoms with Crippen LogP contribution in [0.4, 0.5) is 5.69 Å². The van der Waals surface area contributed by atoms with Gasteiger partial charge in [-0.05, 0) is 69.2 Å². The Kier molecular flexibility index (Phi) is 7.57. The minimum Gasteiger partial charge on any atom is -0.338 e. The molecule has 0 radical (unpaired) electrons. The first-order valence-electron chi connectivity index (χ1n) is 13.6. The van der Waals surface area contributed by atoms with Crippen molar-refractivity contribution in [2.45, 2.75) is 92.5 Å². The molecule has 0 aromatic heterocycles. The van der Waals surface area contributed by atoms with E-state index in [1.54, 1.807) is 33.8 Å². The lowest BCUT2D eigenvalue weighted by Gasteiger charge is -2.52. The van der Waals surface area contributed by atoms with E-state index in [-0.39, 0.29) is 53.4 Å². The van der Waals surface area contributed by atoms with Crippen LogP contribution in [0, 0.1) is 13.8 Å². The molecule has 2 N–H and O–H groups in total. The van der Waals surface area contributed by atoms with Crippen LogP contribution in [0.25, 0.3) is 5.31 Å². The quantitative estimate of drug-likeness (QED) is 0.324. The molecule has 3 heterocycles. The molecule has 0 bridgehead atoms. The van der Waals surface area contributed by atoms with Crippen molar-refractivity contribution in [2.75, 3.05) is 11.4 Å².